The normalized spacial score (nSPS) is 19.0. The first-order valence-electron chi connectivity index (χ1n) is 7.81. The molecule has 2 aliphatic heterocycles. The molecule has 0 saturated carbocycles. The molecular weight excluding hydrogens is 348 g/mol. The van der Waals surface area contributed by atoms with Crippen LogP contribution in [0.25, 0.3) is 0 Å². The van der Waals surface area contributed by atoms with Crippen LogP contribution in [0.5, 0.6) is 0 Å². The summed E-state index contributed by atoms with van der Waals surface area (Å²) in [4.78, 5) is 23.3. The molecule has 2 amide bonds. The average molecular weight is 366 g/mol. The van der Waals surface area contributed by atoms with Gasteiger partial charge in [0.05, 0.1) is 18.1 Å². The number of hydrazone groups is 1. The van der Waals surface area contributed by atoms with Gasteiger partial charge in [-0.3, -0.25) is 9.59 Å². The van der Waals surface area contributed by atoms with E-state index in [1.54, 1.807) is 12.1 Å². The molecule has 134 valence electrons. The van der Waals surface area contributed by atoms with E-state index in [0.717, 1.165) is 0 Å². The fourth-order valence-electron chi connectivity index (χ4n) is 2.51. The molecule has 25 heavy (non-hydrogen) atoms. The predicted octanol–water partition coefficient (Wildman–Crippen LogP) is -0.0880. The zero-order valence-electron chi connectivity index (χ0n) is 13.4. The number of carbonyl (C=O) groups excluding carboxylic acids is 2. The summed E-state index contributed by atoms with van der Waals surface area (Å²) in [6, 6.07) is 6.05. The highest BCUT2D eigenvalue weighted by Gasteiger charge is 2.26. The fourth-order valence-corrected chi connectivity index (χ4v) is 3.97. The lowest BCUT2D eigenvalue weighted by molar-refractivity contribution is -0.121. The highest BCUT2D eigenvalue weighted by molar-refractivity contribution is 7.89. The molecule has 0 aromatic heterocycles. The second-order valence-corrected chi connectivity index (χ2v) is 7.53. The lowest BCUT2D eigenvalue weighted by Gasteiger charge is -2.26. The van der Waals surface area contributed by atoms with E-state index >= 15 is 0 Å². The minimum atomic E-state index is -3.64. The number of nitrogens with zero attached hydrogens (tertiary/aromatic N) is 2. The zero-order chi connectivity index (χ0) is 17.9. The van der Waals surface area contributed by atoms with Gasteiger partial charge in [-0.1, -0.05) is 6.07 Å². The third-order valence-corrected chi connectivity index (χ3v) is 5.76. The molecule has 2 heterocycles. The van der Waals surface area contributed by atoms with Gasteiger partial charge >= 0.3 is 0 Å². The summed E-state index contributed by atoms with van der Waals surface area (Å²) in [6.45, 7) is 1.33. The number of benzene rings is 1. The van der Waals surface area contributed by atoms with Crippen molar-refractivity contribution in [3.05, 3.63) is 24.3 Å². The number of nitrogens with one attached hydrogen (secondary N) is 2. The third kappa shape index (κ3) is 4.03. The molecular formula is C15H18N4O5S. The number of carbonyl (C=O) groups is 2. The van der Waals surface area contributed by atoms with E-state index in [1.165, 1.54) is 16.4 Å². The number of anilines is 1. The Morgan fingerprint density at radius 3 is 2.68 bits per heavy atom. The summed E-state index contributed by atoms with van der Waals surface area (Å²) >= 11 is 0. The van der Waals surface area contributed by atoms with Gasteiger partial charge < -0.3 is 10.1 Å². The van der Waals surface area contributed by atoms with Crippen LogP contribution in [0.2, 0.25) is 0 Å². The Labute approximate surface area is 145 Å². The topological polar surface area (TPSA) is 117 Å². The first kappa shape index (κ1) is 17.5. The SMILES string of the molecule is O=C1CCC(C(=O)Nc2cccc(S(=O)(=O)N3CCOCC3)c2)=NN1. The van der Waals surface area contributed by atoms with E-state index in [2.05, 4.69) is 15.8 Å². The second-order valence-electron chi connectivity index (χ2n) is 5.59. The second kappa shape index (κ2) is 7.30. The van der Waals surface area contributed by atoms with E-state index < -0.39 is 15.9 Å². The van der Waals surface area contributed by atoms with Crippen molar-refractivity contribution >= 4 is 33.2 Å². The summed E-state index contributed by atoms with van der Waals surface area (Å²) in [6.07, 6.45) is 0.432. The van der Waals surface area contributed by atoms with Crippen LogP contribution >= 0.6 is 0 Å². The maximum absolute atomic E-state index is 12.6. The molecule has 0 spiro atoms. The molecule has 9 nitrogen and oxygen atoms in total. The quantitative estimate of drug-likeness (QED) is 0.772. The van der Waals surface area contributed by atoms with E-state index in [4.69, 9.17) is 4.74 Å². The largest absolute Gasteiger partial charge is 0.379 e. The van der Waals surface area contributed by atoms with Gasteiger partial charge in [-0.15, -0.1) is 0 Å². The lowest BCUT2D eigenvalue weighted by Crippen LogP contribution is -2.40. The van der Waals surface area contributed by atoms with E-state index in [9.17, 15) is 18.0 Å². The number of hydrogen-bond donors (Lipinski definition) is 2. The average Bonchev–Trinajstić information content (AvgIpc) is 2.63. The van der Waals surface area contributed by atoms with Crippen LogP contribution in [0.15, 0.2) is 34.3 Å². The Balaban J connectivity index is 1.75. The van der Waals surface area contributed by atoms with Crippen LogP contribution in [-0.2, 0) is 24.3 Å². The molecule has 1 saturated heterocycles. The molecule has 0 bridgehead atoms. The van der Waals surface area contributed by atoms with Crippen LogP contribution in [0.4, 0.5) is 5.69 Å². The first-order chi connectivity index (χ1) is 12.0. The van der Waals surface area contributed by atoms with Crippen molar-refractivity contribution in [1.82, 2.24) is 9.73 Å². The molecule has 10 heteroatoms. The van der Waals surface area contributed by atoms with Gasteiger partial charge in [0.1, 0.15) is 5.71 Å². The molecule has 0 aliphatic carbocycles. The van der Waals surface area contributed by atoms with Gasteiger partial charge in [-0.25, -0.2) is 13.8 Å². The number of amides is 2. The van der Waals surface area contributed by atoms with Crippen LogP contribution < -0.4 is 10.7 Å². The Kier molecular flexibility index (Phi) is 5.11. The van der Waals surface area contributed by atoms with Crippen LogP contribution in [-0.4, -0.2) is 56.6 Å². The molecule has 1 aromatic rings. The van der Waals surface area contributed by atoms with Gasteiger partial charge in [-0.05, 0) is 18.2 Å². The van der Waals surface area contributed by atoms with Gasteiger partial charge in [0.15, 0.2) is 0 Å². The maximum atomic E-state index is 12.6. The van der Waals surface area contributed by atoms with E-state index in [-0.39, 0.29) is 29.4 Å². The number of ether oxygens (including phenoxy) is 1. The molecule has 2 aliphatic rings. The molecule has 0 unspecified atom stereocenters. The molecule has 1 fully saturated rings. The van der Waals surface area contributed by atoms with Crippen molar-refractivity contribution < 1.29 is 22.7 Å². The summed E-state index contributed by atoms with van der Waals surface area (Å²) < 4.78 is 31.8. The van der Waals surface area contributed by atoms with E-state index in [1.807, 2.05) is 0 Å². The van der Waals surface area contributed by atoms with Crippen molar-refractivity contribution in [1.29, 1.82) is 0 Å². The van der Waals surface area contributed by atoms with Gasteiger partial charge in [0, 0.05) is 31.6 Å². The van der Waals surface area contributed by atoms with E-state index in [0.29, 0.717) is 32.0 Å². The summed E-state index contributed by atoms with van der Waals surface area (Å²) in [5.41, 5.74) is 2.79. The molecule has 1 aromatic carbocycles. The standard InChI is InChI=1S/C15H18N4O5S/c20-14-5-4-13(17-18-14)15(21)16-11-2-1-3-12(10-11)25(22,23)19-6-8-24-9-7-19/h1-3,10H,4-9H2,(H,16,21)(H,18,20). The van der Waals surface area contributed by atoms with Crippen LogP contribution in [0.3, 0.4) is 0 Å². The smallest absolute Gasteiger partial charge is 0.271 e. The van der Waals surface area contributed by atoms with Crippen molar-refractivity contribution in [2.75, 3.05) is 31.6 Å². The molecule has 3 rings (SSSR count). The van der Waals surface area contributed by atoms with Crippen LogP contribution in [0, 0.1) is 0 Å². The van der Waals surface area contributed by atoms with Gasteiger partial charge in [0.2, 0.25) is 15.9 Å². The number of hydrogen-bond acceptors (Lipinski definition) is 6. The maximum Gasteiger partial charge on any atom is 0.271 e. The number of sulfonamides is 1. The highest BCUT2D eigenvalue weighted by atomic mass is 32.2. The number of morpholine rings is 1. The Bertz CT molecular complexity index is 815. The van der Waals surface area contributed by atoms with Gasteiger partial charge in [0.25, 0.3) is 5.91 Å². The first-order valence-corrected chi connectivity index (χ1v) is 9.25. The third-order valence-electron chi connectivity index (χ3n) is 3.87. The fraction of sp³-hybridized carbons (Fsp3) is 0.400. The van der Waals surface area contributed by atoms with Crippen LogP contribution in [0.1, 0.15) is 12.8 Å². The minimum Gasteiger partial charge on any atom is -0.379 e. The summed E-state index contributed by atoms with van der Waals surface area (Å²) in [5.74, 6) is -0.712. The van der Waals surface area contributed by atoms with Crippen molar-refractivity contribution in [3.63, 3.8) is 0 Å². The van der Waals surface area contributed by atoms with Crippen molar-refractivity contribution in [3.8, 4) is 0 Å². The monoisotopic (exact) mass is 366 g/mol. The van der Waals surface area contributed by atoms with Crippen molar-refractivity contribution in [2.24, 2.45) is 5.10 Å². The Morgan fingerprint density at radius 2 is 2.00 bits per heavy atom. The highest BCUT2D eigenvalue weighted by Crippen LogP contribution is 2.20. The lowest BCUT2D eigenvalue weighted by atomic mass is 10.1. The Hall–Kier alpha value is -2.30. The zero-order valence-corrected chi connectivity index (χ0v) is 14.2. The molecule has 0 radical (unpaired) electrons. The minimum absolute atomic E-state index is 0.103. The molecule has 0 atom stereocenters. The summed E-state index contributed by atoms with van der Waals surface area (Å²) in [7, 11) is -3.64. The van der Waals surface area contributed by atoms with Crippen molar-refractivity contribution in [2.45, 2.75) is 17.7 Å². The number of rotatable bonds is 4. The van der Waals surface area contributed by atoms with Gasteiger partial charge in [-0.2, -0.15) is 9.41 Å². The Morgan fingerprint density at radius 1 is 1.24 bits per heavy atom. The summed E-state index contributed by atoms with van der Waals surface area (Å²) in [5, 5.41) is 6.33. The molecule has 2 N–H and O–H groups in total. The predicted molar refractivity (Wildman–Crippen MR) is 89.5 cm³/mol.